The molecule has 0 radical (unpaired) electrons. The van der Waals surface area contributed by atoms with Crippen molar-refractivity contribution in [1.82, 2.24) is 4.98 Å². The van der Waals surface area contributed by atoms with Crippen LogP contribution >= 0.6 is 0 Å². The highest BCUT2D eigenvalue weighted by Gasteiger charge is 2.23. The minimum atomic E-state index is -1.20. The summed E-state index contributed by atoms with van der Waals surface area (Å²) in [5.74, 6) is -0.0287. The summed E-state index contributed by atoms with van der Waals surface area (Å²) in [6, 6.07) is 3.48. The highest BCUT2D eigenvalue weighted by Crippen LogP contribution is 2.28. The SMILES string of the molecule is CCOc1oc(-c2ccc(CC)o2)nc1C(=O)O. The normalized spacial score (nSPS) is 10.6. The van der Waals surface area contributed by atoms with Crippen molar-refractivity contribution in [3.63, 3.8) is 0 Å². The third-order valence-corrected chi connectivity index (χ3v) is 2.29. The van der Waals surface area contributed by atoms with Crippen LogP contribution in [0.25, 0.3) is 11.7 Å². The van der Waals surface area contributed by atoms with Gasteiger partial charge in [-0.1, -0.05) is 6.92 Å². The second-order valence-corrected chi connectivity index (χ2v) is 3.51. The molecule has 0 saturated heterocycles. The predicted molar refractivity (Wildman–Crippen MR) is 61.7 cm³/mol. The van der Waals surface area contributed by atoms with Crippen LogP contribution in [0.1, 0.15) is 30.1 Å². The Hall–Kier alpha value is -2.24. The molecule has 2 aromatic heterocycles. The van der Waals surface area contributed by atoms with Crippen molar-refractivity contribution in [3.05, 3.63) is 23.6 Å². The maximum atomic E-state index is 11.0. The summed E-state index contributed by atoms with van der Waals surface area (Å²) < 4.78 is 15.8. The van der Waals surface area contributed by atoms with Gasteiger partial charge in [0.25, 0.3) is 5.89 Å². The quantitative estimate of drug-likeness (QED) is 0.878. The van der Waals surface area contributed by atoms with Crippen LogP contribution in [0, 0.1) is 0 Å². The van der Waals surface area contributed by atoms with Gasteiger partial charge in [0.15, 0.2) is 5.76 Å². The van der Waals surface area contributed by atoms with Crippen LogP contribution in [0.3, 0.4) is 0 Å². The number of aromatic nitrogens is 1. The van der Waals surface area contributed by atoms with Gasteiger partial charge in [0.05, 0.1) is 6.61 Å². The molecule has 0 aliphatic heterocycles. The van der Waals surface area contributed by atoms with E-state index in [9.17, 15) is 4.79 Å². The Morgan fingerprint density at radius 1 is 1.39 bits per heavy atom. The number of carbonyl (C=O) groups is 1. The molecule has 96 valence electrons. The lowest BCUT2D eigenvalue weighted by atomic mass is 10.3. The summed E-state index contributed by atoms with van der Waals surface area (Å²) in [5, 5.41) is 8.97. The highest BCUT2D eigenvalue weighted by atomic mass is 16.6. The van der Waals surface area contributed by atoms with Gasteiger partial charge in [-0.3, -0.25) is 0 Å². The van der Waals surface area contributed by atoms with Gasteiger partial charge in [-0.15, -0.1) is 0 Å². The molecule has 0 amide bonds. The third kappa shape index (κ3) is 2.22. The van der Waals surface area contributed by atoms with Crippen molar-refractivity contribution in [1.29, 1.82) is 0 Å². The van der Waals surface area contributed by atoms with E-state index in [2.05, 4.69) is 4.98 Å². The summed E-state index contributed by atoms with van der Waals surface area (Å²) in [7, 11) is 0. The van der Waals surface area contributed by atoms with E-state index < -0.39 is 5.97 Å². The fraction of sp³-hybridized carbons (Fsp3) is 0.333. The molecule has 2 heterocycles. The number of aromatic carboxylic acids is 1. The van der Waals surface area contributed by atoms with Gasteiger partial charge in [-0.05, 0) is 19.1 Å². The van der Waals surface area contributed by atoms with Gasteiger partial charge in [-0.25, -0.2) is 4.79 Å². The number of nitrogens with zero attached hydrogens (tertiary/aromatic N) is 1. The van der Waals surface area contributed by atoms with Gasteiger partial charge in [0, 0.05) is 6.42 Å². The molecule has 0 aromatic carbocycles. The van der Waals surface area contributed by atoms with Gasteiger partial charge < -0.3 is 18.7 Å². The van der Waals surface area contributed by atoms with Gasteiger partial charge >= 0.3 is 11.9 Å². The van der Waals surface area contributed by atoms with Crippen molar-refractivity contribution in [2.45, 2.75) is 20.3 Å². The van der Waals surface area contributed by atoms with Crippen LogP contribution in [-0.2, 0) is 6.42 Å². The Morgan fingerprint density at radius 2 is 2.17 bits per heavy atom. The molecule has 2 rings (SSSR count). The topological polar surface area (TPSA) is 85.7 Å². The standard InChI is InChI=1S/C12H13NO5/c1-3-7-5-6-8(17-7)10-13-9(11(14)15)12(18-10)16-4-2/h5-6H,3-4H2,1-2H3,(H,14,15). The number of rotatable bonds is 5. The van der Waals surface area contributed by atoms with Crippen molar-refractivity contribution >= 4 is 5.97 Å². The van der Waals surface area contributed by atoms with Crippen LogP contribution in [0.2, 0.25) is 0 Å². The zero-order valence-corrected chi connectivity index (χ0v) is 10.1. The molecule has 0 aliphatic carbocycles. The maximum absolute atomic E-state index is 11.0. The number of ether oxygens (including phenoxy) is 1. The maximum Gasteiger partial charge on any atom is 0.362 e. The summed E-state index contributed by atoms with van der Waals surface area (Å²) in [6.07, 6.45) is 0.741. The zero-order valence-electron chi connectivity index (χ0n) is 10.1. The Morgan fingerprint density at radius 3 is 2.72 bits per heavy atom. The van der Waals surface area contributed by atoms with E-state index in [1.807, 2.05) is 6.92 Å². The summed E-state index contributed by atoms with van der Waals surface area (Å²) in [6.45, 7) is 3.98. The van der Waals surface area contributed by atoms with Crippen LogP contribution in [0.15, 0.2) is 21.0 Å². The number of hydrogen-bond acceptors (Lipinski definition) is 5. The van der Waals surface area contributed by atoms with Gasteiger partial charge in [0.1, 0.15) is 5.76 Å². The predicted octanol–water partition coefficient (Wildman–Crippen LogP) is 2.59. The Labute approximate surface area is 103 Å². The molecule has 0 bridgehead atoms. The number of furan rings is 1. The Balaban J connectivity index is 2.39. The summed E-state index contributed by atoms with van der Waals surface area (Å²) in [4.78, 5) is 14.8. The second-order valence-electron chi connectivity index (χ2n) is 3.51. The lowest BCUT2D eigenvalue weighted by Gasteiger charge is -1.96. The van der Waals surface area contributed by atoms with Crippen LogP contribution < -0.4 is 4.74 Å². The van der Waals surface area contributed by atoms with Crippen molar-refractivity contribution in [3.8, 4) is 17.6 Å². The van der Waals surface area contributed by atoms with Gasteiger partial charge in [0.2, 0.25) is 5.69 Å². The van der Waals surface area contributed by atoms with Crippen molar-refractivity contribution in [2.24, 2.45) is 0 Å². The number of carboxylic acid groups (broad SMARTS) is 1. The molecule has 0 aliphatic rings. The monoisotopic (exact) mass is 251 g/mol. The fourth-order valence-electron chi connectivity index (χ4n) is 1.46. The molecular weight excluding hydrogens is 238 g/mol. The molecular formula is C12H13NO5. The van der Waals surface area contributed by atoms with E-state index in [0.29, 0.717) is 12.4 Å². The van der Waals surface area contributed by atoms with Crippen LogP contribution in [0.4, 0.5) is 0 Å². The molecule has 18 heavy (non-hydrogen) atoms. The molecule has 1 N–H and O–H groups in total. The second kappa shape index (κ2) is 4.95. The average Bonchev–Trinajstić information content (AvgIpc) is 2.94. The molecule has 0 atom stereocenters. The third-order valence-electron chi connectivity index (χ3n) is 2.29. The van der Waals surface area contributed by atoms with Crippen LogP contribution in [-0.4, -0.2) is 22.7 Å². The molecule has 0 saturated carbocycles. The van der Waals surface area contributed by atoms with E-state index in [4.69, 9.17) is 18.7 Å². The minimum absolute atomic E-state index is 0.102. The first-order valence-corrected chi connectivity index (χ1v) is 5.61. The van der Waals surface area contributed by atoms with Crippen LogP contribution in [0.5, 0.6) is 5.95 Å². The number of oxazole rings is 1. The lowest BCUT2D eigenvalue weighted by Crippen LogP contribution is -2.01. The lowest BCUT2D eigenvalue weighted by molar-refractivity contribution is 0.0683. The summed E-state index contributed by atoms with van der Waals surface area (Å²) >= 11 is 0. The Kier molecular flexibility index (Phi) is 3.36. The smallest absolute Gasteiger partial charge is 0.362 e. The molecule has 0 fully saturated rings. The first-order chi connectivity index (χ1) is 8.65. The molecule has 0 unspecified atom stereocenters. The first kappa shape index (κ1) is 12.2. The molecule has 6 nitrogen and oxygen atoms in total. The number of hydrogen-bond donors (Lipinski definition) is 1. The van der Waals surface area contributed by atoms with E-state index in [1.165, 1.54) is 0 Å². The first-order valence-electron chi connectivity index (χ1n) is 5.61. The van der Waals surface area contributed by atoms with E-state index in [1.54, 1.807) is 19.1 Å². The highest BCUT2D eigenvalue weighted by molar-refractivity contribution is 5.88. The fourth-order valence-corrected chi connectivity index (χ4v) is 1.46. The molecule has 0 spiro atoms. The summed E-state index contributed by atoms with van der Waals surface area (Å²) in [5.41, 5.74) is -0.249. The van der Waals surface area contributed by atoms with Crippen molar-refractivity contribution < 1.29 is 23.5 Å². The minimum Gasteiger partial charge on any atom is -0.476 e. The number of aryl methyl sites for hydroxylation is 1. The zero-order chi connectivity index (χ0) is 13.1. The molecule has 2 aromatic rings. The average molecular weight is 251 g/mol. The Bertz CT molecular complexity index is 555. The number of carboxylic acids is 1. The van der Waals surface area contributed by atoms with E-state index >= 15 is 0 Å². The van der Waals surface area contributed by atoms with E-state index in [-0.39, 0.29) is 17.5 Å². The van der Waals surface area contributed by atoms with Gasteiger partial charge in [-0.2, -0.15) is 4.98 Å². The van der Waals surface area contributed by atoms with Crippen molar-refractivity contribution in [2.75, 3.05) is 6.61 Å². The molecule has 6 heteroatoms. The largest absolute Gasteiger partial charge is 0.476 e. The van der Waals surface area contributed by atoms with E-state index in [0.717, 1.165) is 12.2 Å².